The molecule has 1 unspecified atom stereocenters. The highest BCUT2D eigenvalue weighted by Crippen LogP contribution is 2.30. The van der Waals surface area contributed by atoms with Crippen molar-refractivity contribution in [1.82, 2.24) is 10.4 Å². The molecule has 0 bridgehead atoms. The Morgan fingerprint density at radius 2 is 2.05 bits per heavy atom. The van der Waals surface area contributed by atoms with Gasteiger partial charge in [0.25, 0.3) is 0 Å². The zero-order valence-corrected chi connectivity index (χ0v) is 11.2. The zero-order chi connectivity index (χ0) is 14.7. The van der Waals surface area contributed by atoms with Gasteiger partial charge in [0.1, 0.15) is 23.1 Å². The third-order valence-electron chi connectivity index (χ3n) is 3.05. The Labute approximate surface area is 115 Å². The first-order chi connectivity index (χ1) is 9.58. The van der Waals surface area contributed by atoms with E-state index in [1.165, 1.54) is 13.2 Å². The summed E-state index contributed by atoms with van der Waals surface area (Å²) in [5.41, 5.74) is 3.47. The molecule has 0 aliphatic rings. The quantitative estimate of drug-likeness (QED) is 0.665. The lowest BCUT2D eigenvalue weighted by molar-refractivity contribution is 0.399. The van der Waals surface area contributed by atoms with Crippen LogP contribution in [0, 0.1) is 18.6 Å². The number of nitrogens with two attached hydrogens (primary N) is 1. The fourth-order valence-electron chi connectivity index (χ4n) is 2.01. The number of hydrazine groups is 1. The van der Waals surface area contributed by atoms with Crippen molar-refractivity contribution in [3.63, 3.8) is 0 Å². The van der Waals surface area contributed by atoms with Gasteiger partial charge in [-0.3, -0.25) is 10.8 Å². The van der Waals surface area contributed by atoms with Crippen molar-refractivity contribution in [3.05, 3.63) is 58.9 Å². The van der Waals surface area contributed by atoms with Gasteiger partial charge in [0.05, 0.1) is 13.2 Å². The van der Waals surface area contributed by atoms with Crippen molar-refractivity contribution in [2.24, 2.45) is 5.84 Å². The number of hydrogen-bond donors (Lipinski definition) is 2. The monoisotopic (exact) mass is 279 g/mol. The lowest BCUT2D eigenvalue weighted by Crippen LogP contribution is -2.30. The predicted octanol–water partition coefficient (Wildman–Crippen LogP) is 2.23. The largest absolute Gasteiger partial charge is 0.495 e. The maximum absolute atomic E-state index is 14.0. The van der Waals surface area contributed by atoms with Crippen LogP contribution in [0.3, 0.4) is 0 Å². The van der Waals surface area contributed by atoms with Crippen molar-refractivity contribution < 1.29 is 13.5 Å². The molecule has 2 rings (SSSR count). The molecule has 0 spiro atoms. The first-order valence-electron chi connectivity index (χ1n) is 5.99. The minimum Gasteiger partial charge on any atom is -0.495 e. The van der Waals surface area contributed by atoms with Gasteiger partial charge in [-0.05, 0) is 30.7 Å². The molecule has 0 saturated carbocycles. The van der Waals surface area contributed by atoms with E-state index in [0.717, 1.165) is 6.07 Å². The molecular weight excluding hydrogens is 264 g/mol. The maximum atomic E-state index is 14.0. The molecule has 106 valence electrons. The van der Waals surface area contributed by atoms with Gasteiger partial charge >= 0.3 is 0 Å². The van der Waals surface area contributed by atoms with Crippen molar-refractivity contribution in [1.29, 1.82) is 0 Å². The average Bonchev–Trinajstić information content (AvgIpc) is 2.45. The highest BCUT2D eigenvalue weighted by molar-refractivity contribution is 5.39. The normalized spacial score (nSPS) is 12.2. The molecular formula is C14H15F2N3O. The van der Waals surface area contributed by atoms with Crippen LogP contribution in [-0.2, 0) is 0 Å². The number of rotatable bonds is 4. The van der Waals surface area contributed by atoms with Crippen LogP contribution in [0.2, 0.25) is 0 Å². The lowest BCUT2D eigenvalue weighted by Gasteiger charge is -2.19. The smallest absolute Gasteiger partial charge is 0.142 e. The predicted molar refractivity (Wildman–Crippen MR) is 71.1 cm³/mol. The lowest BCUT2D eigenvalue weighted by atomic mass is 10.00. The van der Waals surface area contributed by atoms with E-state index >= 15 is 0 Å². The molecule has 0 saturated heterocycles. The molecule has 1 heterocycles. The Hall–Kier alpha value is -2.05. The average molecular weight is 279 g/mol. The van der Waals surface area contributed by atoms with Gasteiger partial charge in [-0.1, -0.05) is 0 Å². The number of aromatic nitrogens is 1. The second-order valence-corrected chi connectivity index (χ2v) is 4.31. The molecule has 2 aromatic rings. The number of hydrogen-bond acceptors (Lipinski definition) is 4. The van der Waals surface area contributed by atoms with Crippen LogP contribution in [0.15, 0.2) is 30.5 Å². The highest BCUT2D eigenvalue weighted by Gasteiger charge is 2.22. The van der Waals surface area contributed by atoms with Gasteiger partial charge in [-0.25, -0.2) is 14.2 Å². The fraction of sp³-hybridized carbons (Fsp3) is 0.214. The van der Waals surface area contributed by atoms with E-state index in [4.69, 9.17) is 10.6 Å². The van der Waals surface area contributed by atoms with E-state index in [1.807, 2.05) is 0 Å². The molecule has 0 aliphatic carbocycles. The van der Waals surface area contributed by atoms with Crippen molar-refractivity contribution in [2.75, 3.05) is 7.11 Å². The summed E-state index contributed by atoms with van der Waals surface area (Å²) in [6.07, 6.45) is 1.55. The minimum absolute atomic E-state index is 0.211. The van der Waals surface area contributed by atoms with E-state index in [2.05, 4.69) is 10.4 Å². The molecule has 1 aromatic heterocycles. The molecule has 0 amide bonds. The molecule has 20 heavy (non-hydrogen) atoms. The number of methoxy groups -OCH3 is 1. The van der Waals surface area contributed by atoms with E-state index in [0.29, 0.717) is 17.0 Å². The van der Waals surface area contributed by atoms with E-state index in [1.54, 1.807) is 25.3 Å². The van der Waals surface area contributed by atoms with Crippen molar-refractivity contribution in [3.8, 4) is 5.75 Å². The SMILES string of the molecule is COc1cccnc1C(NN)c1cc(C)c(F)cc1F. The van der Waals surface area contributed by atoms with Crippen molar-refractivity contribution in [2.45, 2.75) is 13.0 Å². The summed E-state index contributed by atoms with van der Waals surface area (Å²) in [6.45, 7) is 1.56. The molecule has 0 radical (unpaired) electrons. The summed E-state index contributed by atoms with van der Waals surface area (Å²) in [5, 5.41) is 0. The molecule has 0 aliphatic heterocycles. The van der Waals surface area contributed by atoms with E-state index in [-0.39, 0.29) is 5.56 Å². The Kier molecular flexibility index (Phi) is 4.26. The number of benzene rings is 1. The number of halogens is 2. The van der Waals surface area contributed by atoms with Crippen LogP contribution in [0.4, 0.5) is 8.78 Å². The molecule has 6 heteroatoms. The van der Waals surface area contributed by atoms with Gasteiger partial charge < -0.3 is 4.74 Å². The van der Waals surface area contributed by atoms with Crippen LogP contribution >= 0.6 is 0 Å². The maximum Gasteiger partial charge on any atom is 0.142 e. The van der Waals surface area contributed by atoms with Crippen LogP contribution in [-0.4, -0.2) is 12.1 Å². The number of ether oxygens (including phenoxy) is 1. The third-order valence-corrected chi connectivity index (χ3v) is 3.05. The molecule has 3 N–H and O–H groups in total. The minimum atomic E-state index is -0.731. The van der Waals surface area contributed by atoms with Gasteiger partial charge in [-0.2, -0.15) is 0 Å². The Morgan fingerprint density at radius 3 is 2.70 bits per heavy atom. The number of nitrogens with one attached hydrogen (secondary N) is 1. The highest BCUT2D eigenvalue weighted by atomic mass is 19.1. The third kappa shape index (κ3) is 2.61. The van der Waals surface area contributed by atoms with E-state index in [9.17, 15) is 8.78 Å². The van der Waals surface area contributed by atoms with Crippen LogP contribution < -0.4 is 16.0 Å². The summed E-state index contributed by atoms with van der Waals surface area (Å²) < 4.78 is 32.5. The van der Waals surface area contributed by atoms with Crippen LogP contribution in [0.1, 0.15) is 22.9 Å². The van der Waals surface area contributed by atoms with Gasteiger partial charge in [-0.15, -0.1) is 0 Å². The summed E-state index contributed by atoms with van der Waals surface area (Å²) in [5.74, 6) is 4.69. The Bertz CT molecular complexity index is 619. The number of pyridine rings is 1. The molecule has 0 fully saturated rings. The summed E-state index contributed by atoms with van der Waals surface area (Å²) in [6, 6.07) is 4.90. The van der Waals surface area contributed by atoms with Gasteiger partial charge in [0, 0.05) is 17.8 Å². The van der Waals surface area contributed by atoms with E-state index < -0.39 is 17.7 Å². The van der Waals surface area contributed by atoms with Gasteiger partial charge in [0.15, 0.2) is 0 Å². The van der Waals surface area contributed by atoms with Crippen LogP contribution in [0.25, 0.3) is 0 Å². The second kappa shape index (κ2) is 5.94. The van der Waals surface area contributed by atoms with Crippen molar-refractivity contribution >= 4 is 0 Å². The first kappa shape index (κ1) is 14.4. The van der Waals surface area contributed by atoms with Crippen LogP contribution in [0.5, 0.6) is 5.75 Å². The van der Waals surface area contributed by atoms with Gasteiger partial charge in [0.2, 0.25) is 0 Å². The Morgan fingerprint density at radius 1 is 1.30 bits per heavy atom. The first-order valence-corrected chi connectivity index (χ1v) is 5.99. The summed E-state index contributed by atoms with van der Waals surface area (Å²) in [4.78, 5) is 4.16. The summed E-state index contributed by atoms with van der Waals surface area (Å²) >= 11 is 0. The number of aryl methyl sites for hydroxylation is 1. The standard InChI is InChI=1S/C14H15F2N3O/c1-8-6-9(11(16)7-10(8)15)13(19-17)14-12(20-2)4-3-5-18-14/h3-7,13,19H,17H2,1-2H3. The number of nitrogens with zero attached hydrogens (tertiary/aromatic N) is 1. The Balaban J connectivity index is 2.55. The zero-order valence-electron chi connectivity index (χ0n) is 11.2. The molecule has 4 nitrogen and oxygen atoms in total. The fourth-order valence-corrected chi connectivity index (χ4v) is 2.01. The molecule has 1 atom stereocenters. The topological polar surface area (TPSA) is 60.2 Å². The second-order valence-electron chi connectivity index (χ2n) is 4.31. The summed E-state index contributed by atoms with van der Waals surface area (Å²) in [7, 11) is 1.49. The molecule has 1 aromatic carbocycles.